The molecular formula is C18H15N3O3. The molecule has 2 N–H and O–H groups in total. The number of carbonyl (C=O) groups is 1. The summed E-state index contributed by atoms with van der Waals surface area (Å²) in [6.45, 7) is 1.79. The first-order valence-corrected chi connectivity index (χ1v) is 7.48. The molecule has 1 amide bonds. The van der Waals surface area contributed by atoms with Gasteiger partial charge in [0.2, 0.25) is 0 Å². The number of aryl methyl sites for hydroxylation is 1. The molecule has 4 rings (SSSR count). The largest absolute Gasteiger partial charge is 0.497 e. The van der Waals surface area contributed by atoms with Gasteiger partial charge in [-0.25, -0.2) is 4.98 Å². The van der Waals surface area contributed by atoms with Gasteiger partial charge in [0.15, 0.2) is 11.5 Å². The lowest BCUT2D eigenvalue weighted by Gasteiger charge is -2.03. The lowest BCUT2D eigenvalue weighted by Crippen LogP contribution is -2.12. The van der Waals surface area contributed by atoms with Gasteiger partial charge in [-0.2, -0.15) is 0 Å². The van der Waals surface area contributed by atoms with Gasteiger partial charge in [-0.15, -0.1) is 0 Å². The normalized spacial score (nSPS) is 11.1. The number of fused-ring (bicyclic) bond motifs is 2. The van der Waals surface area contributed by atoms with E-state index < -0.39 is 0 Å². The van der Waals surface area contributed by atoms with Crippen molar-refractivity contribution in [2.75, 3.05) is 12.4 Å². The highest BCUT2D eigenvalue weighted by molar-refractivity contribution is 6.06. The van der Waals surface area contributed by atoms with Crippen molar-refractivity contribution in [3.05, 3.63) is 54.0 Å². The Morgan fingerprint density at radius 1 is 1.21 bits per heavy atom. The highest BCUT2D eigenvalue weighted by Crippen LogP contribution is 2.23. The molecule has 2 aromatic heterocycles. The molecular weight excluding hydrogens is 306 g/mol. The minimum absolute atomic E-state index is 0.222. The smallest absolute Gasteiger partial charge is 0.272 e. The van der Waals surface area contributed by atoms with E-state index in [1.165, 1.54) is 0 Å². The van der Waals surface area contributed by atoms with Gasteiger partial charge in [-0.05, 0) is 30.3 Å². The molecule has 6 heteroatoms. The Morgan fingerprint density at radius 2 is 2.08 bits per heavy atom. The van der Waals surface area contributed by atoms with Gasteiger partial charge in [0, 0.05) is 35.6 Å². The number of oxazole rings is 1. The zero-order chi connectivity index (χ0) is 16.7. The van der Waals surface area contributed by atoms with Crippen molar-refractivity contribution in [1.29, 1.82) is 0 Å². The number of anilines is 1. The van der Waals surface area contributed by atoms with Gasteiger partial charge in [0.25, 0.3) is 5.91 Å². The first-order chi connectivity index (χ1) is 11.6. The maximum Gasteiger partial charge on any atom is 0.272 e. The Kier molecular flexibility index (Phi) is 3.23. The summed E-state index contributed by atoms with van der Waals surface area (Å²) in [4.78, 5) is 19.8. The van der Waals surface area contributed by atoms with Crippen LogP contribution >= 0.6 is 0 Å². The van der Waals surface area contributed by atoms with Crippen molar-refractivity contribution < 1.29 is 13.9 Å². The van der Waals surface area contributed by atoms with Gasteiger partial charge < -0.3 is 19.5 Å². The van der Waals surface area contributed by atoms with E-state index in [1.54, 1.807) is 32.2 Å². The molecule has 24 heavy (non-hydrogen) atoms. The Morgan fingerprint density at radius 3 is 2.92 bits per heavy atom. The lowest BCUT2D eigenvalue weighted by molar-refractivity contribution is 0.102. The number of amides is 1. The van der Waals surface area contributed by atoms with Crippen LogP contribution in [-0.2, 0) is 0 Å². The topological polar surface area (TPSA) is 80.2 Å². The number of nitrogens with one attached hydrogen (secondary N) is 2. The van der Waals surface area contributed by atoms with Crippen LogP contribution < -0.4 is 10.1 Å². The van der Waals surface area contributed by atoms with Crippen LogP contribution in [0.15, 0.2) is 46.9 Å². The number of hydrogen-bond donors (Lipinski definition) is 2. The molecule has 2 aromatic carbocycles. The summed E-state index contributed by atoms with van der Waals surface area (Å²) in [7, 11) is 1.61. The van der Waals surface area contributed by atoms with E-state index in [2.05, 4.69) is 15.3 Å². The summed E-state index contributed by atoms with van der Waals surface area (Å²) in [5.41, 5.74) is 3.39. The van der Waals surface area contributed by atoms with Crippen LogP contribution in [0.5, 0.6) is 5.75 Å². The Balaban J connectivity index is 1.62. The average Bonchev–Trinajstić information content (AvgIpc) is 3.15. The highest BCUT2D eigenvalue weighted by Gasteiger charge is 2.11. The van der Waals surface area contributed by atoms with Gasteiger partial charge in [0.05, 0.1) is 7.11 Å². The molecule has 0 spiro atoms. The second-order valence-corrected chi connectivity index (χ2v) is 5.51. The van der Waals surface area contributed by atoms with E-state index in [1.807, 2.05) is 24.3 Å². The third-order valence-electron chi connectivity index (χ3n) is 3.83. The molecule has 120 valence electrons. The standard InChI is InChI=1S/C18H15N3O3/c1-10-19-14-6-4-12(8-17(14)24-10)20-18(22)16-7-11-3-5-13(23-2)9-15(11)21-16/h3-9,21H,1-2H3,(H,20,22). The lowest BCUT2D eigenvalue weighted by atomic mass is 10.2. The molecule has 4 aromatic rings. The molecule has 0 saturated carbocycles. The average molecular weight is 321 g/mol. The molecule has 0 fully saturated rings. The molecule has 0 bridgehead atoms. The molecule has 2 heterocycles. The van der Waals surface area contributed by atoms with Crippen molar-refractivity contribution in [3.8, 4) is 5.75 Å². The Bertz CT molecular complexity index is 1060. The Labute approximate surface area is 137 Å². The zero-order valence-electron chi connectivity index (χ0n) is 13.2. The first kappa shape index (κ1) is 14.3. The van der Waals surface area contributed by atoms with Crippen LogP contribution in [0.4, 0.5) is 5.69 Å². The van der Waals surface area contributed by atoms with Crippen LogP contribution in [0.1, 0.15) is 16.4 Å². The zero-order valence-corrected chi connectivity index (χ0v) is 13.2. The van der Waals surface area contributed by atoms with E-state index in [-0.39, 0.29) is 5.91 Å². The quantitative estimate of drug-likeness (QED) is 0.600. The molecule has 0 radical (unpaired) electrons. The number of aromatic amines is 1. The van der Waals surface area contributed by atoms with Crippen LogP contribution in [0.3, 0.4) is 0 Å². The number of hydrogen-bond acceptors (Lipinski definition) is 4. The number of H-pyrrole nitrogens is 1. The van der Waals surface area contributed by atoms with Crippen molar-refractivity contribution in [3.63, 3.8) is 0 Å². The number of ether oxygens (including phenoxy) is 1. The monoisotopic (exact) mass is 321 g/mol. The fourth-order valence-electron chi connectivity index (χ4n) is 2.67. The van der Waals surface area contributed by atoms with Crippen LogP contribution in [0, 0.1) is 6.92 Å². The summed E-state index contributed by atoms with van der Waals surface area (Å²) in [5, 5.41) is 3.81. The maximum atomic E-state index is 12.5. The maximum absolute atomic E-state index is 12.5. The fourth-order valence-corrected chi connectivity index (χ4v) is 2.67. The third kappa shape index (κ3) is 2.48. The molecule has 0 unspecified atom stereocenters. The predicted molar refractivity (Wildman–Crippen MR) is 91.5 cm³/mol. The Hall–Kier alpha value is -3.28. The highest BCUT2D eigenvalue weighted by atomic mass is 16.5. The van der Waals surface area contributed by atoms with E-state index in [0.29, 0.717) is 22.9 Å². The van der Waals surface area contributed by atoms with Crippen LogP contribution in [0.2, 0.25) is 0 Å². The summed E-state index contributed by atoms with van der Waals surface area (Å²) in [6, 6.07) is 12.8. The van der Waals surface area contributed by atoms with Crippen molar-refractivity contribution in [1.82, 2.24) is 9.97 Å². The van der Waals surface area contributed by atoms with Gasteiger partial charge in [0.1, 0.15) is 17.0 Å². The van der Waals surface area contributed by atoms with Crippen LogP contribution in [-0.4, -0.2) is 23.0 Å². The second kappa shape index (κ2) is 5.42. The van der Waals surface area contributed by atoms with Gasteiger partial charge >= 0.3 is 0 Å². The number of benzene rings is 2. The van der Waals surface area contributed by atoms with E-state index in [4.69, 9.17) is 9.15 Å². The van der Waals surface area contributed by atoms with Crippen molar-refractivity contribution >= 4 is 33.6 Å². The minimum atomic E-state index is -0.222. The number of methoxy groups -OCH3 is 1. The summed E-state index contributed by atoms with van der Waals surface area (Å²) >= 11 is 0. The first-order valence-electron chi connectivity index (χ1n) is 7.48. The third-order valence-corrected chi connectivity index (χ3v) is 3.83. The second-order valence-electron chi connectivity index (χ2n) is 5.51. The van der Waals surface area contributed by atoms with Gasteiger partial charge in [-0.3, -0.25) is 4.79 Å². The van der Waals surface area contributed by atoms with E-state index in [0.717, 1.165) is 22.2 Å². The minimum Gasteiger partial charge on any atom is -0.497 e. The number of aromatic nitrogens is 2. The summed E-state index contributed by atoms with van der Waals surface area (Å²) in [6.07, 6.45) is 0. The summed E-state index contributed by atoms with van der Waals surface area (Å²) in [5.74, 6) is 1.11. The molecule has 0 atom stereocenters. The van der Waals surface area contributed by atoms with Gasteiger partial charge in [-0.1, -0.05) is 0 Å². The number of carbonyl (C=O) groups excluding carboxylic acids is 1. The molecule has 0 aliphatic carbocycles. The molecule has 6 nitrogen and oxygen atoms in total. The van der Waals surface area contributed by atoms with Crippen molar-refractivity contribution in [2.24, 2.45) is 0 Å². The molecule has 0 aliphatic heterocycles. The fraction of sp³-hybridized carbons (Fsp3) is 0.111. The number of nitrogens with zero attached hydrogens (tertiary/aromatic N) is 1. The molecule has 0 saturated heterocycles. The number of rotatable bonds is 3. The van der Waals surface area contributed by atoms with E-state index in [9.17, 15) is 4.79 Å². The van der Waals surface area contributed by atoms with E-state index >= 15 is 0 Å². The van der Waals surface area contributed by atoms with Crippen LogP contribution in [0.25, 0.3) is 22.0 Å². The summed E-state index contributed by atoms with van der Waals surface area (Å²) < 4.78 is 10.7. The molecule has 0 aliphatic rings. The SMILES string of the molecule is COc1ccc2cc(C(=O)Nc3ccc4nc(C)oc4c3)[nH]c2c1. The van der Waals surface area contributed by atoms with Crippen molar-refractivity contribution in [2.45, 2.75) is 6.92 Å². The predicted octanol–water partition coefficient (Wildman–Crippen LogP) is 3.88.